The Morgan fingerprint density at radius 2 is 2.25 bits per heavy atom. The van der Waals surface area contributed by atoms with Crippen molar-refractivity contribution in [2.24, 2.45) is 0 Å². The average Bonchev–Trinajstić information content (AvgIpc) is 2.39. The van der Waals surface area contributed by atoms with Crippen molar-refractivity contribution in [2.75, 3.05) is 6.61 Å². The summed E-state index contributed by atoms with van der Waals surface area (Å²) < 4.78 is 4.66. The molecule has 1 aromatic heterocycles. The van der Waals surface area contributed by atoms with Gasteiger partial charge in [0.2, 0.25) is 0 Å². The molecule has 1 amide bonds. The van der Waals surface area contributed by atoms with E-state index in [-0.39, 0.29) is 18.2 Å². The number of carbonyl (C=O) groups is 2. The molecule has 0 saturated carbocycles. The Bertz CT molecular complexity index is 522. The number of amides is 1. The fourth-order valence-electron chi connectivity index (χ4n) is 1.35. The number of ether oxygens (including phenoxy) is 1. The van der Waals surface area contributed by atoms with Gasteiger partial charge in [-0.2, -0.15) is 0 Å². The van der Waals surface area contributed by atoms with E-state index in [9.17, 15) is 9.59 Å². The van der Waals surface area contributed by atoms with Gasteiger partial charge in [0.15, 0.2) is 0 Å². The van der Waals surface area contributed by atoms with Gasteiger partial charge in [-0.25, -0.2) is 14.6 Å². The summed E-state index contributed by atoms with van der Waals surface area (Å²) in [5.74, 6) is -1.23. The number of hydrogen-bond donors (Lipinski definition) is 2. The summed E-state index contributed by atoms with van der Waals surface area (Å²) in [6, 6.07) is 0.286. The lowest BCUT2D eigenvalue weighted by molar-refractivity contribution is -0.139. The Kier molecular flexibility index (Phi) is 6.27. The van der Waals surface area contributed by atoms with Crippen LogP contribution in [0.5, 0.6) is 0 Å². The molecule has 0 aliphatic rings. The molecule has 6 nitrogen and oxygen atoms in total. The predicted molar refractivity (Wildman–Crippen MR) is 74.1 cm³/mol. The summed E-state index contributed by atoms with van der Waals surface area (Å²) in [5, 5.41) is 11.7. The second kappa shape index (κ2) is 7.72. The molecule has 0 aliphatic carbocycles. The molecule has 1 aromatic rings. The summed E-state index contributed by atoms with van der Waals surface area (Å²) in [4.78, 5) is 26.3. The van der Waals surface area contributed by atoms with Gasteiger partial charge in [-0.1, -0.05) is 35.9 Å². The SMILES string of the molecule is C=CCOC(=O)NC(Cc1cc(Cl)cnc1Cl)C(=O)O. The van der Waals surface area contributed by atoms with E-state index in [0.29, 0.717) is 10.6 Å². The van der Waals surface area contributed by atoms with Gasteiger partial charge in [-0.15, -0.1) is 0 Å². The molecule has 0 aromatic carbocycles. The molecular weight excluding hydrogens is 307 g/mol. The van der Waals surface area contributed by atoms with Crippen LogP contribution in [0, 0.1) is 0 Å². The summed E-state index contributed by atoms with van der Waals surface area (Å²) in [5.41, 5.74) is 0.413. The van der Waals surface area contributed by atoms with Crippen LogP contribution in [-0.2, 0) is 16.0 Å². The van der Waals surface area contributed by atoms with Crippen LogP contribution >= 0.6 is 23.2 Å². The summed E-state index contributed by atoms with van der Waals surface area (Å²) >= 11 is 11.6. The molecular formula is C12H12Cl2N2O4. The first kappa shape index (κ1) is 16.3. The topological polar surface area (TPSA) is 88.5 Å². The molecule has 20 heavy (non-hydrogen) atoms. The van der Waals surface area contributed by atoms with Crippen LogP contribution in [-0.4, -0.2) is 34.8 Å². The molecule has 2 N–H and O–H groups in total. The van der Waals surface area contributed by atoms with Crippen molar-refractivity contribution in [3.8, 4) is 0 Å². The number of rotatable bonds is 6. The first-order valence-electron chi connectivity index (χ1n) is 5.51. The third-order valence-electron chi connectivity index (χ3n) is 2.22. The zero-order valence-electron chi connectivity index (χ0n) is 10.3. The Hall–Kier alpha value is -1.79. The number of alkyl carbamates (subject to hydrolysis) is 1. The van der Waals surface area contributed by atoms with Crippen LogP contribution in [0.25, 0.3) is 0 Å². The van der Waals surface area contributed by atoms with Crippen molar-refractivity contribution < 1.29 is 19.4 Å². The molecule has 1 unspecified atom stereocenters. The van der Waals surface area contributed by atoms with E-state index in [4.69, 9.17) is 28.3 Å². The lowest BCUT2D eigenvalue weighted by Gasteiger charge is -2.14. The first-order valence-corrected chi connectivity index (χ1v) is 6.26. The van der Waals surface area contributed by atoms with Crippen LogP contribution in [0.2, 0.25) is 10.2 Å². The van der Waals surface area contributed by atoms with Crippen molar-refractivity contribution in [1.82, 2.24) is 10.3 Å². The molecule has 0 saturated heterocycles. The smallest absolute Gasteiger partial charge is 0.408 e. The van der Waals surface area contributed by atoms with Gasteiger partial charge < -0.3 is 15.2 Å². The van der Waals surface area contributed by atoms with Gasteiger partial charge in [-0.05, 0) is 11.6 Å². The molecule has 0 bridgehead atoms. The molecule has 1 rings (SSSR count). The Balaban J connectivity index is 2.77. The lowest BCUT2D eigenvalue weighted by atomic mass is 10.1. The monoisotopic (exact) mass is 318 g/mol. The fourth-order valence-corrected chi connectivity index (χ4v) is 1.71. The number of carboxylic acid groups (broad SMARTS) is 1. The molecule has 1 heterocycles. The van der Waals surface area contributed by atoms with Crippen molar-refractivity contribution in [2.45, 2.75) is 12.5 Å². The molecule has 0 radical (unpaired) electrons. The number of hydrogen-bond acceptors (Lipinski definition) is 4. The van der Waals surface area contributed by atoms with Crippen molar-refractivity contribution >= 4 is 35.3 Å². The third kappa shape index (κ3) is 5.07. The van der Waals surface area contributed by atoms with E-state index in [1.54, 1.807) is 0 Å². The van der Waals surface area contributed by atoms with E-state index in [1.165, 1.54) is 18.3 Å². The second-order valence-electron chi connectivity index (χ2n) is 3.73. The number of carbonyl (C=O) groups excluding carboxylic acids is 1. The van der Waals surface area contributed by atoms with Crippen LogP contribution in [0.4, 0.5) is 4.79 Å². The molecule has 8 heteroatoms. The van der Waals surface area contributed by atoms with Crippen LogP contribution < -0.4 is 5.32 Å². The Labute approximate surface area is 125 Å². The van der Waals surface area contributed by atoms with Gasteiger partial charge in [0.25, 0.3) is 0 Å². The van der Waals surface area contributed by atoms with Crippen LogP contribution in [0.3, 0.4) is 0 Å². The zero-order valence-corrected chi connectivity index (χ0v) is 11.8. The number of carboxylic acids is 1. The summed E-state index contributed by atoms with van der Waals surface area (Å²) in [7, 11) is 0. The Morgan fingerprint density at radius 1 is 1.55 bits per heavy atom. The minimum absolute atomic E-state index is 0.0162. The summed E-state index contributed by atoms with van der Waals surface area (Å²) in [6.07, 6.45) is 1.79. The largest absolute Gasteiger partial charge is 0.480 e. The number of nitrogens with zero attached hydrogens (tertiary/aromatic N) is 1. The average molecular weight is 319 g/mol. The Morgan fingerprint density at radius 3 is 2.85 bits per heavy atom. The van der Waals surface area contributed by atoms with Gasteiger partial charge in [0, 0.05) is 12.6 Å². The van der Waals surface area contributed by atoms with Crippen LogP contribution in [0.1, 0.15) is 5.56 Å². The van der Waals surface area contributed by atoms with Gasteiger partial charge >= 0.3 is 12.1 Å². The minimum atomic E-state index is -1.23. The standard InChI is InChI=1S/C12H12Cl2N2O4/c1-2-3-20-12(19)16-9(11(17)18)5-7-4-8(13)6-15-10(7)14/h2,4,6,9H,1,3,5H2,(H,16,19)(H,17,18). The first-order chi connectivity index (χ1) is 9.43. The van der Waals surface area contributed by atoms with Crippen molar-refractivity contribution in [1.29, 1.82) is 0 Å². The lowest BCUT2D eigenvalue weighted by Crippen LogP contribution is -2.42. The van der Waals surface area contributed by atoms with Gasteiger partial charge in [0.1, 0.15) is 17.8 Å². The summed E-state index contributed by atoms with van der Waals surface area (Å²) in [6.45, 7) is 3.36. The maximum atomic E-state index is 11.3. The van der Waals surface area contributed by atoms with Crippen molar-refractivity contribution in [3.05, 3.63) is 40.7 Å². The van der Waals surface area contributed by atoms with E-state index in [0.717, 1.165) is 0 Å². The number of aliphatic carboxylic acids is 1. The molecule has 0 fully saturated rings. The number of halogens is 2. The maximum absolute atomic E-state index is 11.3. The van der Waals surface area contributed by atoms with E-state index >= 15 is 0 Å². The highest BCUT2D eigenvalue weighted by molar-refractivity contribution is 6.32. The third-order valence-corrected chi connectivity index (χ3v) is 2.77. The number of pyridine rings is 1. The van der Waals surface area contributed by atoms with Gasteiger partial charge in [0.05, 0.1) is 5.02 Å². The number of aromatic nitrogens is 1. The fraction of sp³-hybridized carbons (Fsp3) is 0.250. The molecule has 108 valence electrons. The number of nitrogens with one attached hydrogen (secondary N) is 1. The minimum Gasteiger partial charge on any atom is -0.480 e. The quantitative estimate of drug-likeness (QED) is 0.620. The maximum Gasteiger partial charge on any atom is 0.408 e. The van der Waals surface area contributed by atoms with Gasteiger partial charge in [-0.3, -0.25) is 0 Å². The van der Waals surface area contributed by atoms with Crippen LogP contribution in [0.15, 0.2) is 24.9 Å². The van der Waals surface area contributed by atoms with E-state index in [1.807, 2.05) is 0 Å². The zero-order chi connectivity index (χ0) is 15.1. The molecule has 0 spiro atoms. The van der Waals surface area contributed by atoms with E-state index < -0.39 is 18.1 Å². The van der Waals surface area contributed by atoms with Crippen molar-refractivity contribution in [3.63, 3.8) is 0 Å². The predicted octanol–water partition coefficient (Wildman–Crippen LogP) is 2.30. The highest BCUT2D eigenvalue weighted by Crippen LogP contribution is 2.19. The van der Waals surface area contributed by atoms with E-state index in [2.05, 4.69) is 21.6 Å². The molecule has 0 aliphatic heterocycles. The second-order valence-corrected chi connectivity index (χ2v) is 4.52. The highest BCUT2D eigenvalue weighted by atomic mass is 35.5. The highest BCUT2D eigenvalue weighted by Gasteiger charge is 2.22. The normalized spacial score (nSPS) is 11.5. The molecule has 1 atom stereocenters.